The maximum atomic E-state index is 13.9. The van der Waals surface area contributed by atoms with Crippen LogP contribution in [0.1, 0.15) is 61.9 Å². The number of ether oxygens (including phenoxy) is 3. The van der Waals surface area contributed by atoms with Gasteiger partial charge in [0.2, 0.25) is 0 Å². The number of methoxy groups -OCH3 is 3. The van der Waals surface area contributed by atoms with E-state index in [1.807, 2.05) is 25.1 Å². The Hall–Kier alpha value is -3.65. The number of thiazole rings is 1. The van der Waals surface area contributed by atoms with Crippen LogP contribution >= 0.6 is 11.3 Å². The van der Waals surface area contributed by atoms with Gasteiger partial charge in [-0.25, -0.2) is 4.99 Å². The molecule has 8 heteroatoms. The van der Waals surface area contributed by atoms with Gasteiger partial charge in [0.15, 0.2) is 10.6 Å². The number of hydrogen-bond donors (Lipinski definition) is 0. The van der Waals surface area contributed by atoms with Crippen LogP contribution < -0.4 is 29.1 Å². The molecule has 1 aromatic heterocycles. The summed E-state index contributed by atoms with van der Waals surface area (Å²) in [5.41, 5.74) is 4.55. The van der Waals surface area contributed by atoms with E-state index in [1.54, 1.807) is 45.0 Å². The number of rotatable bonds is 7. The van der Waals surface area contributed by atoms with Gasteiger partial charge < -0.3 is 14.2 Å². The lowest BCUT2D eigenvalue weighted by Crippen LogP contribution is -2.39. The molecule has 7 nitrogen and oxygen atoms in total. The lowest BCUT2D eigenvalue weighted by atomic mass is 9.92. The molecule has 1 unspecified atom stereocenters. The second kappa shape index (κ2) is 10.4. The predicted molar refractivity (Wildman–Crippen MR) is 146 cm³/mol. The van der Waals surface area contributed by atoms with E-state index in [-0.39, 0.29) is 17.3 Å². The molecule has 1 aliphatic rings. The van der Waals surface area contributed by atoms with Crippen LogP contribution in [0.15, 0.2) is 51.4 Å². The number of aromatic nitrogens is 1. The summed E-state index contributed by atoms with van der Waals surface area (Å²) >= 11 is 1.31. The number of nitrogens with zero attached hydrogens (tertiary/aromatic N) is 2. The number of carbonyl (C=O) groups excluding carboxylic acids is 1. The second-order valence-electron chi connectivity index (χ2n) is 9.35. The first kappa shape index (κ1) is 26.4. The van der Waals surface area contributed by atoms with Crippen LogP contribution in [0, 0.1) is 6.92 Å². The smallest absolute Gasteiger partial charge is 0.271 e. The van der Waals surface area contributed by atoms with Crippen molar-refractivity contribution in [2.75, 3.05) is 21.3 Å². The van der Waals surface area contributed by atoms with Crippen LogP contribution in [0.25, 0.3) is 6.08 Å². The molecule has 0 radical (unpaired) electrons. The van der Waals surface area contributed by atoms with Crippen molar-refractivity contribution in [3.05, 3.63) is 83.5 Å². The Morgan fingerprint density at radius 2 is 1.76 bits per heavy atom. The standard InChI is InChI=1S/C29H32N2O5S/c1-15(2)22-12-19(16(3)11-23(22)35-7)13-25-28(33)31-27(21-10-9-20(34-6)14-24(21)36-8)26(18(5)32)17(4)30-29(31)37-25/h9-15,27H,1-8H3/b25-13-. The summed E-state index contributed by atoms with van der Waals surface area (Å²) in [6, 6.07) is 8.81. The van der Waals surface area contributed by atoms with E-state index in [2.05, 4.69) is 24.9 Å². The molecular weight excluding hydrogens is 488 g/mol. The van der Waals surface area contributed by atoms with Crippen molar-refractivity contribution in [1.29, 1.82) is 0 Å². The number of allylic oxidation sites excluding steroid dienone is 2. The third kappa shape index (κ3) is 4.73. The third-order valence-corrected chi connectivity index (χ3v) is 7.65. The van der Waals surface area contributed by atoms with Gasteiger partial charge in [-0.05, 0) is 73.7 Å². The summed E-state index contributed by atoms with van der Waals surface area (Å²) in [6.07, 6.45) is 1.90. The van der Waals surface area contributed by atoms with Crippen LogP contribution in [0.5, 0.6) is 17.2 Å². The molecule has 0 aliphatic carbocycles. The molecule has 0 bridgehead atoms. The van der Waals surface area contributed by atoms with Gasteiger partial charge in [-0.15, -0.1) is 0 Å². The number of ketones is 1. The van der Waals surface area contributed by atoms with Crippen molar-refractivity contribution in [2.45, 2.75) is 46.6 Å². The van der Waals surface area contributed by atoms with E-state index in [0.29, 0.717) is 37.7 Å². The molecule has 1 aliphatic heterocycles. The van der Waals surface area contributed by atoms with Crippen molar-refractivity contribution in [1.82, 2.24) is 4.57 Å². The highest BCUT2D eigenvalue weighted by molar-refractivity contribution is 7.07. The van der Waals surface area contributed by atoms with Crippen molar-refractivity contribution in [2.24, 2.45) is 4.99 Å². The highest BCUT2D eigenvalue weighted by Crippen LogP contribution is 2.37. The Labute approximate surface area is 220 Å². The van der Waals surface area contributed by atoms with E-state index in [4.69, 9.17) is 14.2 Å². The number of carbonyl (C=O) groups is 1. The summed E-state index contributed by atoms with van der Waals surface area (Å²) < 4.78 is 18.7. The summed E-state index contributed by atoms with van der Waals surface area (Å²) in [6.45, 7) is 9.52. The van der Waals surface area contributed by atoms with Gasteiger partial charge in [0.25, 0.3) is 5.56 Å². The molecule has 0 spiro atoms. The molecule has 37 heavy (non-hydrogen) atoms. The second-order valence-corrected chi connectivity index (χ2v) is 10.4. The number of hydrogen-bond acceptors (Lipinski definition) is 7. The molecule has 2 heterocycles. The minimum atomic E-state index is -0.667. The summed E-state index contributed by atoms with van der Waals surface area (Å²) in [5.74, 6) is 2.09. The topological polar surface area (TPSA) is 79.1 Å². The first-order valence-electron chi connectivity index (χ1n) is 12.0. The Bertz CT molecular complexity index is 1590. The van der Waals surface area contributed by atoms with Crippen LogP contribution in [-0.2, 0) is 4.79 Å². The molecule has 0 amide bonds. The molecule has 4 rings (SSSR count). The monoisotopic (exact) mass is 520 g/mol. The molecule has 0 saturated carbocycles. The number of fused-ring (bicyclic) bond motifs is 1. The zero-order valence-electron chi connectivity index (χ0n) is 22.5. The maximum absolute atomic E-state index is 13.9. The van der Waals surface area contributed by atoms with E-state index >= 15 is 0 Å². The first-order chi connectivity index (χ1) is 17.6. The van der Waals surface area contributed by atoms with Crippen LogP contribution in [0.3, 0.4) is 0 Å². The normalized spacial score (nSPS) is 15.5. The third-order valence-electron chi connectivity index (χ3n) is 6.66. The molecule has 0 N–H and O–H groups in total. The predicted octanol–water partition coefficient (Wildman–Crippen LogP) is 4.28. The number of benzene rings is 2. The van der Waals surface area contributed by atoms with Crippen LogP contribution in [0.4, 0.5) is 0 Å². The van der Waals surface area contributed by atoms with Gasteiger partial charge in [0, 0.05) is 22.9 Å². The van der Waals surface area contributed by atoms with E-state index in [0.717, 1.165) is 22.4 Å². The zero-order chi connectivity index (χ0) is 27.0. The highest BCUT2D eigenvalue weighted by atomic mass is 32.1. The van der Waals surface area contributed by atoms with Gasteiger partial charge in [0.1, 0.15) is 17.2 Å². The Balaban J connectivity index is 1.99. The lowest BCUT2D eigenvalue weighted by Gasteiger charge is -2.26. The van der Waals surface area contributed by atoms with Crippen molar-refractivity contribution in [3.8, 4) is 17.2 Å². The molecule has 194 valence electrons. The average molecular weight is 521 g/mol. The SMILES string of the molecule is COc1ccc(C2C(C(C)=O)=C(C)N=c3s/c(=C\c4cc(C(C)C)c(OC)cc4C)c(=O)n32)c(OC)c1. The quantitative estimate of drug-likeness (QED) is 0.465. The number of aryl methyl sites for hydroxylation is 1. The van der Waals surface area contributed by atoms with Crippen molar-refractivity contribution in [3.63, 3.8) is 0 Å². The fourth-order valence-corrected chi connectivity index (χ4v) is 5.79. The Kier molecular flexibility index (Phi) is 7.41. The summed E-state index contributed by atoms with van der Waals surface area (Å²) in [5, 5.41) is 0. The van der Waals surface area contributed by atoms with E-state index in [1.165, 1.54) is 18.3 Å². The summed E-state index contributed by atoms with van der Waals surface area (Å²) in [4.78, 5) is 31.9. The molecule has 3 aromatic rings. The van der Waals surface area contributed by atoms with Gasteiger partial charge in [-0.1, -0.05) is 25.2 Å². The minimum Gasteiger partial charge on any atom is -0.497 e. The minimum absolute atomic E-state index is 0.147. The van der Waals surface area contributed by atoms with Crippen LogP contribution in [0.2, 0.25) is 0 Å². The largest absolute Gasteiger partial charge is 0.497 e. The highest BCUT2D eigenvalue weighted by Gasteiger charge is 2.32. The first-order valence-corrected chi connectivity index (χ1v) is 12.9. The molecule has 0 saturated heterocycles. The van der Waals surface area contributed by atoms with Crippen molar-refractivity contribution < 1.29 is 19.0 Å². The van der Waals surface area contributed by atoms with Gasteiger partial charge in [-0.2, -0.15) is 0 Å². The fraction of sp³-hybridized carbons (Fsp3) is 0.345. The van der Waals surface area contributed by atoms with Crippen molar-refractivity contribution >= 4 is 23.2 Å². The number of Topliss-reactive ketones (excluding diaryl/α,β-unsaturated/α-hetero) is 1. The molecular formula is C29H32N2O5S. The van der Waals surface area contributed by atoms with Gasteiger partial charge in [0.05, 0.1) is 31.9 Å². The lowest BCUT2D eigenvalue weighted by molar-refractivity contribution is -0.114. The summed E-state index contributed by atoms with van der Waals surface area (Å²) in [7, 11) is 4.81. The average Bonchev–Trinajstić information content (AvgIpc) is 3.17. The molecule has 2 aromatic carbocycles. The Morgan fingerprint density at radius 3 is 2.35 bits per heavy atom. The fourth-order valence-electron chi connectivity index (χ4n) is 4.75. The van der Waals surface area contributed by atoms with Crippen LogP contribution in [-0.4, -0.2) is 31.7 Å². The zero-order valence-corrected chi connectivity index (χ0v) is 23.3. The Morgan fingerprint density at radius 1 is 1.05 bits per heavy atom. The van der Waals surface area contributed by atoms with E-state index in [9.17, 15) is 9.59 Å². The van der Waals surface area contributed by atoms with E-state index < -0.39 is 6.04 Å². The molecule has 0 fully saturated rings. The van der Waals surface area contributed by atoms with Gasteiger partial charge >= 0.3 is 0 Å². The van der Waals surface area contributed by atoms with Gasteiger partial charge in [-0.3, -0.25) is 14.2 Å². The maximum Gasteiger partial charge on any atom is 0.271 e. The molecule has 1 atom stereocenters.